The molecule has 0 atom stereocenters. The Morgan fingerprint density at radius 1 is 1.29 bits per heavy atom. The third-order valence-corrected chi connectivity index (χ3v) is 2.06. The van der Waals surface area contributed by atoms with Crippen LogP contribution in [0.3, 0.4) is 0 Å². The van der Waals surface area contributed by atoms with Crippen molar-refractivity contribution in [3.63, 3.8) is 0 Å². The second-order valence-corrected chi connectivity index (χ2v) is 3.24. The van der Waals surface area contributed by atoms with Gasteiger partial charge in [0, 0.05) is 6.54 Å². The van der Waals surface area contributed by atoms with Gasteiger partial charge in [0.1, 0.15) is 0 Å². The van der Waals surface area contributed by atoms with Crippen LogP contribution in [0.2, 0.25) is 0 Å². The average Bonchev–Trinajstić information content (AvgIpc) is 2.18. The molecule has 0 bridgehead atoms. The zero-order chi connectivity index (χ0) is 10.4. The summed E-state index contributed by atoms with van der Waals surface area (Å²) < 4.78 is 0. The van der Waals surface area contributed by atoms with Crippen molar-refractivity contribution in [3.8, 4) is 0 Å². The van der Waals surface area contributed by atoms with Gasteiger partial charge < -0.3 is 11.1 Å². The fraction of sp³-hybridized carbons (Fsp3) is 0.364. The Morgan fingerprint density at radius 3 is 2.36 bits per heavy atom. The molecule has 1 amide bonds. The fourth-order valence-corrected chi connectivity index (χ4v) is 1.22. The average molecular weight is 192 g/mol. The molecule has 0 aliphatic rings. The highest BCUT2D eigenvalue weighted by atomic mass is 16.1. The minimum Gasteiger partial charge on any atom is -0.369 e. The summed E-state index contributed by atoms with van der Waals surface area (Å²) >= 11 is 0. The first-order valence-corrected chi connectivity index (χ1v) is 4.79. The lowest BCUT2D eigenvalue weighted by Crippen LogP contribution is -2.28. The second kappa shape index (κ2) is 5.40. The normalized spacial score (nSPS) is 10.1. The number of hydrogen-bond acceptors (Lipinski definition) is 2. The highest BCUT2D eigenvalue weighted by Gasteiger charge is 1.95. The summed E-state index contributed by atoms with van der Waals surface area (Å²) in [6.07, 6.45) is 1.05. The van der Waals surface area contributed by atoms with Gasteiger partial charge >= 0.3 is 0 Å². The van der Waals surface area contributed by atoms with Gasteiger partial charge in [-0.05, 0) is 17.5 Å². The molecule has 3 nitrogen and oxygen atoms in total. The minimum absolute atomic E-state index is 0.232. The monoisotopic (exact) mass is 192 g/mol. The van der Waals surface area contributed by atoms with Crippen LogP contribution in [0.25, 0.3) is 0 Å². The van der Waals surface area contributed by atoms with Gasteiger partial charge in [-0.2, -0.15) is 0 Å². The third-order valence-electron chi connectivity index (χ3n) is 2.06. The number of aryl methyl sites for hydroxylation is 1. The summed E-state index contributed by atoms with van der Waals surface area (Å²) in [5.41, 5.74) is 7.49. The maximum atomic E-state index is 10.4. The number of rotatable bonds is 5. The first kappa shape index (κ1) is 10.7. The van der Waals surface area contributed by atoms with E-state index >= 15 is 0 Å². The number of carbonyl (C=O) groups excluding carboxylic acids is 1. The van der Waals surface area contributed by atoms with Gasteiger partial charge in [0.25, 0.3) is 0 Å². The van der Waals surface area contributed by atoms with Crippen molar-refractivity contribution in [1.29, 1.82) is 0 Å². The molecule has 0 unspecified atom stereocenters. The van der Waals surface area contributed by atoms with Crippen LogP contribution in [0.15, 0.2) is 24.3 Å². The van der Waals surface area contributed by atoms with E-state index in [1.165, 1.54) is 11.1 Å². The summed E-state index contributed by atoms with van der Waals surface area (Å²) in [6, 6.07) is 8.32. The van der Waals surface area contributed by atoms with E-state index in [2.05, 4.69) is 36.5 Å². The lowest BCUT2D eigenvalue weighted by Gasteiger charge is -2.03. The van der Waals surface area contributed by atoms with Crippen LogP contribution in [0.5, 0.6) is 0 Å². The van der Waals surface area contributed by atoms with Crippen molar-refractivity contribution in [2.75, 3.05) is 6.54 Å². The fourth-order valence-electron chi connectivity index (χ4n) is 1.22. The molecule has 0 aliphatic heterocycles. The summed E-state index contributed by atoms with van der Waals surface area (Å²) in [5.74, 6) is -0.324. The summed E-state index contributed by atoms with van der Waals surface area (Å²) in [4.78, 5) is 10.4. The zero-order valence-corrected chi connectivity index (χ0v) is 8.42. The number of hydrogen-bond donors (Lipinski definition) is 2. The minimum atomic E-state index is -0.324. The van der Waals surface area contributed by atoms with Crippen LogP contribution in [0.4, 0.5) is 0 Å². The molecular formula is C11H16N2O. The summed E-state index contributed by atoms with van der Waals surface area (Å²) in [5, 5.41) is 2.96. The van der Waals surface area contributed by atoms with Gasteiger partial charge in [-0.1, -0.05) is 31.2 Å². The maximum Gasteiger partial charge on any atom is 0.231 e. The van der Waals surface area contributed by atoms with Crippen LogP contribution in [0.1, 0.15) is 18.1 Å². The molecule has 1 aromatic carbocycles. The lowest BCUT2D eigenvalue weighted by molar-refractivity contribution is -0.117. The molecular weight excluding hydrogens is 176 g/mol. The Bertz CT molecular complexity index is 293. The number of benzene rings is 1. The van der Waals surface area contributed by atoms with Crippen molar-refractivity contribution in [1.82, 2.24) is 5.32 Å². The zero-order valence-electron chi connectivity index (χ0n) is 8.42. The molecule has 3 N–H and O–H groups in total. The summed E-state index contributed by atoms with van der Waals surface area (Å²) in [7, 11) is 0. The van der Waals surface area contributed by atoms with Crippen molar-refractivity contribution in [3.05, 3.63) is 35.4 Å². The van der Waals surface area contributed by atoms with Gasteiger partial charge in [0.2, 0.25) is 5.91 Å². The van der Waals surface area contributed by atoms with Crippen LogP contribution >= 0.6 is 0 Å². The van der Waals surface area contributed by atoms with Crippen LogP contribution in [-0.2, 0) is 17.8 Å². The van der Waals surface area contributed by atoms with E-state index in [0.29, 0.717) is 6.54 Å². The smallest absolute Gasteiger partial charge is 0.231 e. The molecule has 0 saturated carbocycles. The SMILES string of the molecule is CCc1ccc(CNCC(N)=O)cc1. The predicted octanol–water partition coefficient (Wildman–Crippen LogP) is 0.824. The van der Waals surface area contributed by atoms with Crippen molar-refractivity contribution in [2.24, 2.45) is 5.73 Å². The van der Waals surface area contributed by atoms with Crippen molar-refractivity contribution < 1.29 is 4.79 Å². The molecule has 0 heterocycles. The Labute approximate surface area is 84.3 Å². The number of nitrogens with two attached hydrogens (primary N) is 1. The molecule has 0 radical (unpaired) electrons. The molecule has 0 aliphatic carbocycles. The van der Waals surface area contributed by atoms with E-state index < -0.39 is 0 Å². The van der Waals surface area contributed by atoms with Gasteiger partial charge in [0.05, 0.1) is 6.54 Å². The number of primary amides is 1. The Kier molecular flexibility index (Phi) is 4.13. The molecule has 3 heteroatoms. The molecule has 0 fully saturated rings. The van der Waals surface area contributed by atoms with Gasteiger partial charge in [0.15, 0.2) is 0 Å². The van der Waals surface area contributed by atoms with Gasteiger partial charge in [-0.3, -0.25) is 4.79 Å². The molecule has 0 spiro atoms. The largest absolute Gasteiger partial charge is 0.369 e. The van der Waals surface area contributed by atoms with E-state index in [-0.39, 0.29) is 12.5 Å². The van der Waals surface area contributed by atoms with E-state index in [9.17, 15) is 4.79 Å². The quantitative estimate of drug-likeness (QED) is 0.725. The number of carbonyl (C=O) groups is 1. The van der Waals surface area contributed by atoms with E-state index in [0.717, 1.165) is 6.42 Å². The van der Waals surface area contributed by atoms with Gasteiger partial charge in [-0.15, -0.1) is 0 Å². The van der Waals surface area contributed by atoms with Crippen molar-refractivity contribution >= 4 is 5.91 Å². The molecule has 14 heavy (non-hydrogen) atoms. The molecule has 1 aromatic rings. The standard InChI is InChI=1S/C11H16N2O/c1-2-9-3-5-10(6-4-9)7-13-8-11(12)14/h3-6,13H,2,7-8H2,1H3,(H2,12,14). The molecule has 0 saturated heterocycles. The maximum absolute atomic E-state index is 10.4. The van der Waals surface area contributed by atoms with Crippen molar-refractivity contribution in [2.45, 2.75) is 19.9 Å². The molecule has 1 rings (SSSR count). The Hall–Kier alpha value is -1.35. The van der Waals surface area contributed by atoms with E-state index in [1.54, 1.807) is 0 Å². The predicted molar refractivity (Wildman–Crippen MR) is 56.7 cm³/mol. The first-order valence-electron chi connectivity index (χ1n) is 4.79. The highest BCUT2D eigenvalue weighted by molar-refractivity contribution is 5.75. The van der Waals surface area contributed by atoms with Crippen LogP contribution < -0.4 is 11.1 Å². The Morgan fingerprint density at radius 2 is 1.86 bits per heavy atom. The number of nitrogens with one attached hydrogen (secondary N) is 1. The third kappa shape index (κ3) is 3.58. The van der Waals surface area contributed by atoms with E-state index in [1.807, 2.05) is 0 Å². The Balaban J connectivity index is 2.40. The molecule has 0 aromatic heterocycles. The lowest BCUT2D eigenvalue weighted by atomic mass is 10.1. The highest BCUT2D eigenvalue weighted by Crippen LogP contribution is 2.04. The number of amides is 1. The topological polar surface area (TPSA) is 55.1 Å². The first-order chi connectivity index (χ1) is 6.72. The summed E-state index contributed by atoms with van der Waals surface area (Å²) in [6.45, 7) is 3.04. The van der Waals surface area contributed by atoms with Crippen LogP contribution in [-0.4, -0.2) is 12.5 Å². The van der Waals surface area contributed by atoms with Gasteiger partial charge in [-0.25, -0.2) is 0 Å². The van der Waals surface area contributed by atoms with E-state index in [4.69, 9.17) is 5.73 Å². The second-order valence-electron chi connectivity index (χ2n) is 3.24. The molecule has 76 valence electrons. The van der Waals surface area contributed by atoms with Crippen LogP contribution in [0, 0.1) is 0 Å².